The van der Waals surface area contributed by atoms with Crippen molar-refractivity contribution in [1.29, 1.82) is 0 Å². The van der Waals surface area contributed by atoms with Crippen LogP contribution in [-0.2, 0) is 11.2 Å². The molecule has 1 aromatic heterocycles. The first-order valence-corrected chi connectivity index (χ1v) is 5.60. The highest BCUT2D eigenvalue weighted by atomic mass is 32.1. The molecule has 0 radical (unpaired) electrons. The molecule has 0 bridgehead atoms. The molecule has 1 fully saturated rings. The Morgan fingerprint density at radius 1 is 1.79 bits per heavy atom. The number of rotatable bonds is 3. The van der Waals surface area contributed by atoms with Crippen LogP contribution >= 0.6 is 11.7 Å². The molecule has 0 amide bonds. The molecule has 4 nitrogen and oxygen atoms in total. The zero-order valence-corrected chi connectivity index (χ0v) is 9.09. The second-order valence-electron chi connectivity index (χ2n) is 3.97. The molecule has 2 heterocycles. The van der Waals surface area contributed by atoms with E-state index in [2.05, 4.69) is 15.7 Å². The lowest BCUT2D eigenvalue weighted by molar-refractivity contribution is -0.00108. The molecule has 2 rings (SSSR count). The van der Waals surface area contributed by atoms with Crippen molar-refractivity contribution in [3.8, 4) is 0 Å². The molecular formula is C9H15N3OS. The fourth-order valence-electron chi connectivity index (χ4n) is 1.81. The summed E-state index contributed by atoms with van der Waals surface area (Å²) in [6, 6.07) is 0.0221. The van der Waals surface area contributed by atoms with Gasteiger partial charge in [-0.25, -0.2) is 0 Å². The molecular weight excluding hydrogens is 198 g/mol. The van der Waals surface area contributed by atoms with E-state index in [0.29, 0.717) is 0 Å². The van der Waals surface area contributed by atoms with E-state index in [-0.39, 0.29) is 11.6 Å². The van der Waals surface area contributed by atoms with E-state index in [0.717, 1.165) is 31.6 Å². The second kappa shape index (κ2) is 3.92. The second-order valence-corrected chi connectivity index (χ2v) is 4.53. The number of aromatic nitrogens is 2. The Morgan fingerprint density at radius 3 is 3.21 bits per heavy atom. The van der Waals surface area contributed by atoms with Crippen LogP contribution in [-0.4, -0.2) is 27.0 Å². The van der Waals surface area contributed by atoms with Crippen LogP contribution in [0.15, 0.2) is 6.20 Å². The predicted molar refractivity (Wildman–Crippen MR) is 55.2 cm³/mol. The summed E-state index contributed by atoms with van der Waals surface area (Å²) in [4.78, 5) is 0. The summed E-state index contributed by atoms with van der Waals surface area (Å²) in [5, 5.41) is 0. The van der Waals surface area contributed by atoms with Crippen LogP contribution in [0.25, 0.3) is 0 Å². The molecule has 2 unspecified atom stereocenters. The minimum atomic E-state index is -0.163. The Bertz CT molecular complexity index is 282. The summed E-state index contributed by atoms with van der Waals surface area (Å²) in [7, 11) is 0. The van der Waals surface area contributed by atoms with Crippen molar-refractivity contribution in [2.75, 3.05) is 6.61 Å². The van der Waals surface area contributed by atoms with Crippen LogP contribution in [0.4, 0.5) is 0 Å². The van der Waals surface area contributed by atoms with Crippen molar-refractivity contribution in [2.45, 2.75) is 37.8 Å². The fraction of sp³-hybridized carbons (Fsp3) is 0.778. The summed E-state index contributed by atoms with van der Waals surface area (Å²) >= 11 is 1.23. The van der Waals surface area contributed by atoms with Crippen molar-refractivity contribution in [3.63, 3.8) is 0 Å². The molecule has 1 aliphatic rings. The van der Waals surface area contributed by atoms with Gasteiger partial charge in [-0.3, -0.25) is 0 Å². The minimum absolute atomic E-state index is 0.0221. The van der Waals surface area contributed by atoms with E-state index in [4.69, 9.17) is 10.5 Å². The third-order valence-electron chi connectivity index (χ3n) is 2.87. The van der Waals surface area contributed by atoms with E-state index >= 15 is 0 Å². The summed E-state index contributed by atoms with van der Waals surface area (Å²) in [6.45, 7) is 2.92. The highest BCUT2D eigenvalue weighted by molar-refractivity contribution is 6.99. The maximum atomic E-state index is 6.12. The summed E-state index contributed by atoms with van der Waals surface area (Å²) in [6.07, 6.45) is 4.70. The Hall–Kier alpha value is -0.520. The molecule has 0 spiro atoms. The van der Waals surface area contributed by atoms with Crippen LogP contribution in [0.5, 0.6) is 0 Å². The van der Waals surface area contributed by atoms with Crippen LogP contribution < -0.4 is 5.73 Å². The number of hydrogen-bond acceptors (Lipinski definition) is 5. The molecule has 78 valence electrons. The van der Waals surface area contributed by atoms with Crippen LogP contribution in [0.3, 0.4) is 0 Å². The number of hydrogen-bond donors (Lipinski definition) is 1. The van der Waals surface area contributed by atoms with Gasteiger partial charge in [0.1, 0.15) is 0 Å². The lowest BCUT2D eigenvalue weighted by Gasteiger charge is -2.29. The lowest BCUT2D eigenvalue weighted by Crippen LogP contribution is -2.46. The van der Waals surface area contributed by atoms with Crippen molar-refractivity contribution < 1.29 is 4.74 Å². The van der Waals surface area contributed by atoms with E-state index in [9.17, 15) is 0 Å². The molecule has 14 heavy (non-hydrogen) atoms. The van der Waals surface area contributed by atoms with Gasteiger partial charge in [-0.1, -0.05) is 0 Å². The van der Waals surface area contributed by atoms with E-state index in [1.807, 2.05) is 0 Å². The molecule has 0 aromatic carbocycles. The SMILES string of the molecule is CC1(C(N)Cc2cnsn2)CCCO1. The van der Waals surface area contributed by atoms with Gasteiger partial charge in [-0.15, -0.1) is 0 Å². The van der Waals surface area contributed by atoms with Gasteiger partial charge in [-0.05, 0) is 19.8 Å². The first-order chi connectivity index (χ1) is 6.71. The summed E-state index contributed by atoms with van der Waals surface area (Å²) < 4.78 is 13.8. The first-order valence-electron chi connectivity index (χ1n) is 4.87. The van der Waals surface area contributed by atoms with Crippen molar-refractivity contribution in [1.82, 2.24) is 8.75 Å². The molecule has 2 atom stereocenters. The summed E-state index contributed by atoms with van der Waals surface area (Å²) in [5.74, 6) is 0. The van der Waals surface area contributed by atoms with Crippen molar-refractivity contribution >= 4 is 11.7 Å². The Kier molecular flexibility index (Phi) is 2.80. The topological polar surface area (TPSA) is 61.0 Å². The molecule has 1 aliphatic heterocycles. The summed E-state index contributed by atoms with van der Waals surface area (Å²) in [5.41, 5.74) is 6.92. The number of nitrogens with zero attached hydrogens (tertiary/aromatic N) is 2. The van der Waals surface area contributed by atoms with Crippen molar-refractivity contribution in [3.05, 3.63) is 11.9 Å². The molecule has 2 N–H and O–H groups in total. The largest absolute Gasteiger partial charge is 0.374 e. The van der Waals surface area contributed by atoms with Gasteiger partial charge in [-0.2, -0.15) is 8.75 Å². The zero-order chi connectivity index (χ0) is 10.0. The third-order valence-corrected chi connectivity index (χ3v) is 3.39. The van der Waals surface area contributed by atoms with Gasteiger partial charge in [0.2, 0.25) is 0 Å². The third kappa shape index (κ3) is 1.94. The average Bonchev–Trinajstić information content (AvgIpc) is 2.76. The van der Waals surface area contributed by atoms with Crippen LogP contribution in [0.2, 0.25) is 0 Å². The predicted octanol–water partition coefficient (Wildman–Crippen LogP) is 0.977. The first kappa shape index (κ1) is 10.0. The lowest BCUT2D eigenvalue weighted by atomic mass is 9.91. The molecule has 0 aliphatic carbocycles. The molecule has 1 aromatic rings. The molecule has 0 saturated carbocycles. The Labute approximate surface area is 87.8 Å². The van der Waals surface area contributed by atoms with Gasteiger partial charge in [0.05, 0.1) is 29.2 Å². The minimum Gasteiger partial charge on any atom is -0.374 e. The quantitative estimate of drug-likeness (QED) is 0.813. The van der Waals surface area contributed by atoms with E-state index in [1.54, 1.807) is 6.20 Å². The van der Waals surface area contributed by atoms with Gasteiger partial charge >= 0.3 is 0 Å². The van der Waals surface area contributed by atoms with Crippen LogP contribution in [0.1, 0.15) is 25.5 Å². The average molecular weight is 213 g/mol. The normalized spacial score (nSPS) is 29.3. The molecule has 5 heteroatoms. The van der Waals surface area contributed by atoms with E-state index < -0.39 is 0 Å². The Morgan fingerprint density at radius 2 is 2.64 bits per heavy atom. The van der Waals surface area contributed by atoms with E-state index in [1.165, 1.54) is 11.7 Å². The highest BCUT2D eigenvalue weighted by Gasteiger charge is 2.36. The van der Waals surface area contributed by atoms with Gasteiger partial charge < -0.3 is 10.5 Å². The van der Waals surface area contributed by atoms with Crippen molar-refractivity contribution in [2.24, 2.45) is 5.73 Å². The Balaban J connectivity index is 1.98. The molecule has 1 saturated heterocycles. The number of nitrogens with two attached hydrogens (primary N) is 1. The highest BCUT2D eigenvalue weighted by Crippen LogP contribution is 2.28. The van der Waals surface area contributed by atoms with Gasteiger partial charge in [0.25, 0.3) is 0 Å². The monoisotopic (exact) mass is 213 g/mol. The smallest absolute Gasteiger partial charge is 0.0809 e. The van der Waals surface area contributed by atoms with Crippen LogP contribution in [0, 0.1) is 0 Å². The maximum absolute atomic E-state index is 6.12. The standard InChI is InChI=1S/C9H15N3OS/c1-9(3-2-4-13-9)8(10)5-7-6-11-14-12-7/h6,8H,2-5,10H2,1H3. The van der Waals surface area contributed by atoms with Gasteiger partial charge in [0.15, 0.2) is 0 Å². The van der Waals surface area contributed by atoms with Gasteiger partial charge in [0, 0.05) is 19.1 Å². The maximum Gasteiger partial charge on any atom is 0.0809 e. The number of ether oxygens (including phenoxy) is 1. The zero-order valence-electron chi connectivity index (χ0n) is 8.27. The fourth-order valence-corrected chi connectivity index (χ4v) is 2.25.